The first-order chi connectivity index (χ1) is 11.8. The summed E-state index contributed by atoms with van der Waals surface area (Å²) in [5.41, 5.74) is 0.673. The molecular formula is C25H50. The van der Waals surface area contributed by atoms with Gasteiger partial charge in [0.15, 0.2) is 0 Å². The van der Waals surface area contributed by atoms with E-state index in [4.69, 9.17) is 0 Å². The molecule has 1 aliphatic carbocycles. The summed E-state index contributed by atoms with van der Waals surface area (Å²) >= 11 is 0. The third-order valence-electron chi connectivity index (χ3n) is 6.73. The van der Waals surface area contributed by atoms with Crippen LogP contribution in [0.5, 0.6) is 0 Å². The maximum absolute atomic E-state index is 2.42. The average Bonchev–Trinajstić information content (AvgIpc) is 2.54. The van der Waals surface area contributed by atoms with Gasteiger partial charge in [-0.05, 0) is 67.1 Å². The summed E-state index contributed by atoms with van der Waals surface area (Å²) < 4.78 is 0. The van der Waals surface area contributed by atoms with E-state index >= 15 is 0 Å². The second kappa shape index (κ2) is 11.7. The summed E-state index contributed by atoms with van der Waals surface area (Å²) in [4.78, 5) is 0. The predicted octanol–water partition coefficient (Wildman–Crippen LogP) is 8.89. The Labute approximate surface area is 160 Å². The molecule has 150 valence electrons. The predicted molar refractivity (Wildman–Crippen MR) is 115 cm³/mol. The molecule has 0 bridgehead atoms. The van der Waals surface area contributed by atoms with Gasteiger partial charge in [0, 0.05) is 0 Å². The lowest BCUT2D eigenvalue weighted by Gasteiger charge is -2.46. The Hall–Kier alpha value is 0. The third kappa shape index (κ3) is 9.48. The van der Waals surface area contributed by atoms with E-state index in [-0.39, 0.29) is 0 Å². The molecule has 0 aromatic heterocycles. The van der Waals surface area contributed by atoms with E-state index in [1.165, 1.54) is 64.2 Å². The minimum atomic E-state index is 0.673. The molecule has 0 heterocycles. The highest BCUT2D eigenvalue weighted by molar-refractivity contribution is 4.91. The summed E-state index contributed by atoms with van der Waals surface area (Å²) in [6.45, 7) is 16.9. The smallest absolute Gasteiger partial charge is 0.0292 e. The van der Waals surface area contributed by atoms with E-state index in [1.807, 2.05) is 0 Å². The summed E-state index contributed by atoms with van der Waals surface area (Å²) in [6.07, 6.45) is 17.8. The van der Waals surface area contributed by atoms with Crippen LogP contribution in [0.1, 0.15) is 126 Å². The van der Waals surface area contributed by atoms with Gasteiger partial charge >= 0.3 is 0 Å². The van der Waals surface area contributed by atoms with E-state index in [9.17, 15) is 0 Å². The fraction of sp³-hybridized carbons (Fsp3) is 1.00. The monoisotopic (exact) mass is 350 g/mol. The maximum atomic E-state index is 2.42. The van der Waals surface area contributed by atoms with Crippen LogP contribution in [-0.2, 0) is 0 Å². The molecule has 0 saturated heterocycles. The molecule has 0 nitrogen and oxygen atoms in total. The van der Waals surface area contributed by atoms with E-state index in [0.717, 1.165) is 29.6 Å². The molecule has 0 aromatic rings. The topological polar surface area (TPSA) is 0 Å². The zero-order valence-electron chi connectivity index (χ0n) is 18.9. The van der Waals surface area contributed by atoms with E-state index < -0.39 is 0 Å². The van der Waals surface area contributed by atoms with Crippen molar-refractivity contribution in [3.63, 3.8) is 0 Å². The van der Waals surface area contributed by atoms with Crippen molar-refractivity contribution in [1.82, 2.24) is 0 Å². The Morgan fingerprint density at radius 2 is 1.20 bits per heavy atom. The van der Waals surface area contributed by atoms with Crippen LogP contribution < -0.4 is 0 Å². The van der Waals surface area contributed by atoms with Gasteiger partial charge in [-0.1, -0.05) is 93.4 Å². The number of hydrogen-bond donors (Lipinski definition) is 0. The average molecular weight is 351 g/mol. The normalized spacial score (nSPS) is 23.8. The molecule has 2 unspecified atom stereocenters. The fourth-order valence-corrected chi connectivity index (χ4v) is 5.17. The van der Waals surface area contributed by atoms with Crippen LogP contribution in [0.3, 0.4) is 0 Å². The number of unbranched alkanes of at least 4 members (excludes halogenated alkanes) is 1. The molecule has 1 rings (SSSR count). The molecule has 2 atom stereocenters. The quantitative estimate of drug-likeness (QED) is 0.329. The van der Waals surface area contributed by atoms with E-state index in [1.54, 1.807) is 12.8 Å². The Kier molecular flexibility index (Phi) is 10.7. The van der Waals surface area contributed by atoms with Crippen molar-refractivity contribution in [2.24, 2.45) is 35.0 Å². The molecule has 0 radical (unpaired) electrons. The van der Waals surface area contributed by atoms with Crippen molar-refractivity contribution in [3.05, 3.63) is 0 Å². The van der Waals surface area contributed by atoms with Gasteiger partial charge in [-0.3, -0.25) is 0 Å². The second-order valence-electron chi connectivity index (χ2n) is 10.9. The Morgan fingerprint density at radius 3 is 1.64 bits per heavy atom. The molecule has 1 fully saturated rings. The van der Waals surface area contributed by atoms with Crippen molar-refractivity contribution >= 4 is 0 Å². The first-order valence-corrected chi connectivity index (χ1v) is 11.8. The van der Waals surface area contributed by atoms with Crippen molar-refractivity contribution in [1.29, 1.82) is 0 Å². The summed E-state index contributed by atoms with van der Waals surface area (Å²) in [5.74, 6) is 4.63. The molecule has 1 aliphatic rings. The highest BCUT2D eigenvalue weighted by Gasteiger charge is 2.39. The minimum Gasteiger partial charge on any atom is -0.0654 e. The molecule has 0 heteroatoms. The van der Waals surface area contributed by atoms with Gasteiger partial charge in [-0.25, -0.2) is 0 Å². The van der Waals surface area contributed by atoms with Crippen molar-refractivity contribution in [2.75, 3.05) is 0 Å². The second-order valence-corrected chi connectivity index (χ2v) is 10.9. The molecule has 0 spiro atoms. The molecule has 1 saturated carbocycles. The number of rotatable bonds is 12. The molecule has 25 heavy (non-hydrogen) atoms. The van der Waals surface area contributed by atoms with E-state index in [0.29, 0.717) is 5.41 Å². The standard InChI is InChI=1S/C25H50/c1-8-9-10-23-17-24(12-11-20(2)3)19-25(18-23,15-13-21(4)5)16-14-22(6)7/h20-24H,8-19H2,1-7H3. The molecular weight excluding hydrogens is 300 g/mol. The van der Waals surface area contributed by atoms with E-state index in [2.05, 4.69) is 48.5 Å². The SMILES string of the molecule is CCCCC1CC(CCC(C)C)CC(CCC(C)C)(CCC(C)C)C1. The van der Waals surface area contributed by atoms with Crippen LogP contribution in [0.15, 0.2) is 0 Å². The highest BCUT2D eigenvalue weighted by atomic mass is 14.4. The van der Waals surface area contributed by atoms with Gasteiger partial charge in [0.25, 0.3) is 0 Å². The lowest BCUT2D eigenvalue weighted by atomic mass is 9.59. The van der Waals surface area contributed by atoms with Crippen LogP contribution in [0, 0.1) is 35.0 Å². The minimum absolute atomic E-state index is 0.673. The lowest BCUT2D eigenvalue weighted by Crippen LogP contribution is -2.34. The van der Waals surface area contributed by atoms with Crippen LogP contribution in [0.4, 0.5) is 0 Å². The Bertz CT molecular complexity index is 313. The maximum Gasteiger partial charge on any atom is -0.0292 e. The first-order valence-electron chi connectivity index (χ1n) is 11.8. The summed E-state index contributed by atoms with van der Waals surface area (Å²) in [7, 11) is 0. The van der Waals surface area contributed by atoms with Gasteiger partial charge in [0.2, 0.25) is 0 Å². The van der Waals surface area contributed by atoms with Crippen LogP contribution >= 0.6 is 0 Å². The summed E-state index contributed by atoms with van der Waals surface area (Å²) in [5, 5.41) is 0. The zero-order valence-corrected chi connectivity index (χ0v) is 18.9. The molecule has 0 aliphatic heterocycles. The third-order valence-corrected chi connectivity index (χ3v) is 6.73. The lowest BCUT2D eigenvalue weighted by molar-refractivity contribution is 0.0507. The van der Waals surface area contributed by atoms with Gasteiger partial charge in [-0.2, -0.15) is 0 Å². The fourth-order valence-electron chi connectivity index (χ4n) is 5.17. The van der Waals surface area contributed by atoms with Crippen LogP contribution in [0.25, 0.3) is 0 Å². The van der Waals surface area contributed by atoms with Gasteiger partial charge in [0.1, 0.15) is 0 Å². The van der Waals surface area contributed by atoms with Gasteiger partial charge < -0.3 is 0 Å². The van der Waals surface area contributed by atoms with Crippen LogP contribution in [-0.4, -0.2) is 0 Å². The largest absolute Gasteiger partial charge is 0.0654 e. The Balaban J connectivity index is 2.84. The Morgan fingerprint density at radius 1 is 0.720 bits per heavy atom. The van der Waals surface area contributed by atoms with Gasteiger partial charge in [-0.15, -0.1) is 0 Å². The van der Waals surface area contributed by atoms with Gasteiger partial charge in [0.05, 0.1) is 0 Å². The van der Waals surface area contributed by atoms with Crippen molar-refractivity contribution in [3.8, 4) is 0 Å². The summed E-state index contributed by atoms with van der Waals surface area (Å²) in [6, 6.07) is 0. The van der Waals surface area contributed by atoms with Crippen molar-refractivity contribution < 1.29 is 0 Å². The molecule has 0 N–H and O–H groups in total. The van der Waals surface area contributed by atoms with Crippen LogP contribution in [0.2, 0.25) is 0 Å². The van der Waals surface area contributed by atoms with Crippen molar-refractivity contribution in [2.45, 2.75) is 126 Å². The molecule has 0 amide bonds. The first kappa shape index (κ1) is 23.0. The zero-order chi connectivity index (χ0) is 18.9. The highest BCUT2D eigenvalue weighted by Crippen LogP contribution is 2.51. The molecule has 0 aromatic carbocycles. The number of hydrogen-bond acceptors (Lipinski definition) is 0.